The molecule has 86 heavy (non-hydrogen) atoms. The zero-order chi connectivity index (χ0) is 59.6. The van der Waals surface area contributed by atoms with E-state index >= 15 is 16.8 Å². The van der Waals surface area contributed by atoms with Gasteiger partial charge in [-0.2, -0.15) is 8.61 Å². The first-order valence-corrected chi connectivity index (χ1v) is 33.5. The SMILES string of the molecule is O=C(NC(CCCc1ccccc1)CCCc1ccccc1)C1CC(OCc2ccccc2)CN1S(=O)(=O)c1cccc2c(S(=O)(=O)N3CC(OCc4ccccc4)CC3C(=O)NC(CCCc3ccccc3)CCCc3ccccc3)cccc12. The van der Waals surface area contributed by atoms with Crippen molar-refractivity contribution in [3.05, 3.63) is 252 Å². The number of fused-ring (bicyclic) bond motifs is 1. The first-order chi connectivity index (χ1) is 42.0. The molecule has 0 saturated carbocycles. The van der Waals surface area contributed by atoms with Gasteiger partial charge in [-0.05, 0) is 123 Å². The lowest BCUT2D eigenvalue weighted by Crippen LogP contribution is -2.49. The van der Waals surface area contributed by atoms with Crippen molar-refractivity contribution in [1.82, 2.24) is 19.2 Å². The van der Waals surface area contributed by atoms with Gasteiger partial charge in [0, 0.05) is 48.8 Å². The molecule has 0 radical (unpaired) electrons. The summed E-state index contributed by atoms with van der Waals surface area (Å²) in [6.07, 6.45) is 8.46. The van der Waals surface area contributed by atoms with Crippen LogP contribution < -0.4 is 10.6 Å². The molecule has 2 aliphatic rings. The molecule has 2 amide bonds. The van der Waals surface area contributed by atoms with Crippen molar-refractivity contribution in [2.45, 2.75) is 149 Å². The largest absolute Gasteiger partial charge is 0.372 e. The molecule has 8 aromatic carbocycles. The maximum absolute atomic E-state index is 15.6. The fraction of sp³-hybridized carbons (Fsp3) is 0.333. The quantitative estimate of drug-likeness (QED) is 0.0452. The van der Waals surface area contributed by atoms with E-state index in [-0.39, 0.29) is 71.8 Å². The fourth-order valence-electron chi connectivity index (χ4n) is 12.3. The molecule has 4 atom stereocenters. The Morgan fingerprint density at radius 3 is 0.953 bits per heavy atom. The van der Waals surface area contributed by atoms with Crippen LogP contribution in [-0.4, -0.2) is 86.7 Å². The van der Waals surface area contributed by atoms with Gasteiger partial charge in [-0.3, -0.25) is 9.59 Å². The Morgan fingerprint density at radius 1 is 0.384 bits per heavy atom. The second-order valence-electron chi connectivity index (χ2n) is 23.0. The van der Waals surface area contributed by atoms with Crippen molar-refractivity contribution >= 4 is 42.6 Å². The van der Waals surface area contributed by atoms with Gasteiger partial charge in [-0.15, -0.1) is 0 Å². The highest BCUT2D eigenvalue weighted by Crippen LogP contribution is 2.37. The minimum Gasteiger partial charge on any atom is -0.372 e. The van der Waals surface area contributed by atoms with Gasteiger partial charge in [0.25, 0.3) is 0 Å². The smallest absolute Gasteiger partial charge is 0.244 e. The fourth-order valence-corrected chi connectivity index (χ4v) is 16.0. The van der Waals surface area contributed by atoms with E-state index in [1.165, 1.54) is 43.0 Å². The van der Waals surface area contributed by atoms with E-state index < -0.39 is 56.2 Å². The van der Waals surface area contributed by atoms with E-state index in [0.29, 0.717) is 25.7 Å². The number of sulfonamides is 2. The van der Waals surface area contributed by atoms with Crippen molar-refractivity contribution in [3.8, 4) is 0 Å². The maximum Gasteiger partial charge on any atom is 0.244 e. The Labute approximate surface area is 509 Å². The molecule has 14 heteroatoms. The zero-order valence-corrected chi connectivity index (χ0v) is 50.6. The van der Waals surface area contributed by atoms with Gasteiger partial charge in [-0.1, -0.05) is 206 Å². The molecule has 2 N–H and O–H groups in total. The number of carbonyl (C=O) groups excluding carboxylic acids is 2. The zero-order valence-electron chi connectivity index (χ0n) is 49.0. The van der Waals surface area contributed by atoms with E-state index in [1.54, 1.807) is 24.3 Å². The van der Waals surface area contributed by atoms with Crippen molar-refractivity contribution < 1.29 is 35.9 Å². The number of rotatable bonds is 30. The lowest BCUT2D eigenvalue weighted by atomic mass is 9.98. The average molecular weight is 1190 g/mol. The van der Waals surface area contributed by atoms with Gasteiger partial charge >= 0.3 is 0 Å². The van der Waals surface area contributed by atoms with E-state index in [2.05, 4.69) is 59.2 Å². The average Bonchev–Trinajstić information content (AvgIpc) is 1.46. The number of ether oxygens (including phenoxy) is 2. The van der Waals surface area contributed by atoms with Gasteiger partial charge in [0.1, 0.15) is 12.1 Å². The molecule has 8 aromatic rings. The summed E-state index contributed by atoms with van der Waals surface area (Å²) in [5.74, 6) is -0.798. The number of hydrogen-bond acceptors (Lipinski definition) is 8. The highest BCUT2D eigenvalue weighted by atomic mass is 32.2. The summed E-state index contributed by atoms with van der Waals surface area (Å²) < 4.78 is 77.8. The number of benzene rings is 8. The number of nitrogens with one attached hydrogen (secondary N) is 2. The molecule has 2 heterocycles. The molecule has 2 saturated heterocycles. The van der Waals surface area contributed by atoms with Crippen LogP contribution in [0.5, 0.6) is 0 Å². The number of nitrogens with zero attached hydrogens (tertiary/aromatic N) is 2. The van der Waals surface area contributed by atoms with Gasteiger partial charge in [-0.25, -0.2) is 16.8 Å². The summed E-state index contributed by atoms with van der Waals surface area (Å²) in [7, 11) is -9.06. The summed E-state index contributed by atoms with van der Waals surface area (Å²) in [6.45, 7) is 0.259. The molecule has 448 valence electrons. The van der Waals surface area contributed by atoms with Crippen molar-refractivity contribution in [2.75, 3.05) is 13.1 Å². The van der Waals surface area contributed by atoms with E-state index in [1.807, 2.05) is 133 Å². The number of hydrogen-bond donors (Lipinski definition) is 2. The van der Waals surface area contributed by atoms with Gasteiger partial charge in [0.05, 0.1) is 35.2 Å². The van der Waals surface area contributed by atoms with Crippen LogP contribution in [0, 0.1) is 0 Å². The molecule has 2 fully saturated rings. The highest BCUT2D eigenvalue weighted by Gasteiger charge is 2.47. The van der Waals surface area contributed by atoms with E-state index in [9.17, 15) is 9.59 Å². The predicted molar refractivity (Wildman–Crippen MR) is 340 cm³/mol. The molecule has 12 nitrogen and oxygen atoms in total. The van der Waals surface area contributed by atoms with Crippen LogP contribution in [0.4, 0.5) is 0 Å². The lowest BCUT2D eigenvalue weighted by molar-refractivity contribution is -0.125. The Bertz CT molecular complexity index is 3310. The van der Waals surface area contributed by atoms with Crippen LogP contribution in [0.1, 0.15) is 97.6 Å². The van der Waals surface area contributed by atoms with E-state index in [0.717, 1.165) is 62.5 Å². The van der Waals surface area contributed by atoms with Crippen LogP contribution in [-0.2, 0) is 78.0 Å². The molecular formula is C72H80N4O8S2. The minimum atomic E-state index is -4.53. The molecule has 4 unspecified atom stereocenters. The predicted octanol–water partition coefficient (Wildman–Crippen LogP) is 12.6. The van der Waals surface area contributed by atoms with Crippen molar-refractivity contribution in [3.63, 3.8) is 0 Å². The maximum atomic E-state index is 15.6. The first kappa shape index (κ1) is 61.8. The van der Waals surface area contributed by atoms with Crippen LogP contribution in [0.15, 0.2) is 228 Å². The number of carbonyl (C=O) groups is 2. The number of aryl methyl sites for hydroxylation is 4. The lowest BCUT2D eigenvalue weighted by Gasteiger charge is -2.27. The summed E-state index contributed by atoms with van der Waals surface area (Å²) in [4.78, 5) is 29.6. The van der Waals surface area contributed by atoms with Crippen LogP contribution in [0.25, 0.3) is 10.8 Å². The standard InChI is InChI=1S/C72H80N4O8S2/c77-71(73-61(41-19-37-55-25-7-1-8-26-55)42-20-38-56-27-9-2-10-28-56)67-49-63(83-53-59-33-15-5-16-34-59)51-75(67)85(79,80)69-47-23-46-66-65(69)45-24-48-70(66)86(81,82)76-52-64(84-54-60-35-17-6-18-36-60)50-68(76)72(78)74-62(43-21-39-57-29-11-3-12-30-57)44-22-40-58-31-13-4-14-32-58/h1-18,23-36,45-48,61-64,67-68H,19-22,37-44,49-54H2,(H,73,77)(H,74,78). The Morgan fingerprint density at radius 2 is 0.663 bits per heavy atom. The van der Waals surface area contributed by atoms with Crippen LogP contribution >= 0.6 is 0 Å². The van der Waals surface area contributed by atoms with Crippen LogP contribution in [0.2, 0.25) is 0 Å². The first-order valence-electron chi connectivity index (χ1n) is 30.6. The summed E-state index contributed by atoms with van der Waals surface area (Å²) in [5, 5.41) is 7.01. The topological polar surface area (TPSA) is 151 Å². The molecule has 10 rings (SSSR count). The van der Waals surface area contributed by atoms with Crippen molar-refractivity contribution in [1.29, 1.82) is 0 Å². The second kappa shape index (κ2) is 30.4. The summed E-state index contributed by atoms with van der Waals surface area (Å²) in [5.41, 5.74) is 6.67. The molecule has 0 aromatic heterocycles. The van der Waals surface area contributed by atoms with Gasteiger partial charge < -0.3 is 20.1 Å². The van der Waals surface area contributed by atoms with Gasteiger partial charge in [0.15, 0.2) is 0 Å². The summed E-state index contributed by atoms with van der Waals surface area (Å²) in [6, 6.07) is 66.9. The van der Waals surface area contributed by atoms with Crippen molar-refractivity contribution in [2.24, 2.45) is 0 Å². The third-order valence-electron chi connectivity index (χ3n) is 16.8. The number of amides is 2. The Balaban J connectivity index is 0.923. The summed E-state index contributed by atoms with van der Waals surface area (Å²) >= 11 is 0. The molecule has 0 aliphatic carbocycles. The second-order valence-corrected chi connectivity index (χ2v) is 26.7. The van der Waals surface area contributed by atoms with E-state index in [4.69, 9.17) is 9.47 Å². The van der Waals surface area contributed by atoms with Gasteiger partial charge in [0.2, 0.25) is 31.9 Å². The third-order valence-corrected chi connectivity index (χ3v) is 20.7. The molecule has 0 bridgehead atoms. The molecular weight excluding hydrogens is 1110 g/mol. The van der Waals surface area contributed by atoms with Crippen LogP contribution in [0.3, 0.4) is 0 Å². The monoisotopic (exact) mass is 1190 g/mol. The minimum absolute atomic E-state index is 0.0945. The molecule has 2 aliphatic heterocycles. The normalized spacial score (nSPS) is 17.6. The molecule has 0 spiro atoms. The Hall–Kier alpha value is -7.30. The third kappa shape index (κ3) is 16.6. The highest BCUT2D eigenvalue weighted by molar-refractivity contribution is 7.90. The Kier molecular flexibility index (Phi) is 21.8.